The van der Waals surface area contributed by atoms with Gasteiger partial charge in [-0.05, 0) is 62.0 Å². The van der Waals surface area contributed by atoms with Gasteiger partial charge in [-0.25, -0.2) is 4.79 Å². The van der Waals surface area contributed by atoms with Crippen molar-refractivity contribution in [3.63, 3.8) is 0 Å². The largest absolute Gasteiger partial charge is 0.480 e. The number of benzene rings is 1. The highest BCUT2D eigenvalue weighted by Crippen LogP contribution is 2.34. The van der Waals surface area contributed by atoms with E-state index in [0.717, 1.165) is 38.7 Å². The summed E-state index contributed by atoms with van der Waals surface area (Å²) in [4.78, 5) is 23.8. The van der Waals surface area contributed by atoms with Crippen LogP contribution in [-0.2, 0) is 20.7 Å². The Kier molecular flexibility index (Phi) is 6.08. The Bertz CT molecular complexity index is 609. The summed E-state index contributed by atoms with van der Waals surface area (Å²) < 4.78 is 5.52. The van der Waals surface area contributed by atoms with Gasteiger partial charge in [-0.15, -0.1) is 0 Å². The summed E-state index contributed by atoms with van der Waals surface area (Å²) in [6.45, 7) is 0.769. The number of nitrogens with one attached hydrogen (secondary N) is 1. The molecule has 0 spiro atoms. The van der Waals surface area contributed by atoms with E-state index in [0.29, 0.717) is 19.3 Å². The number of amides is 1. The summed E-state index contributed by atoms with van der Waals surface area (Å²) in [7, 11) is 0. The molecule has 1 heterocycles. The van der Waals surface area contributed by atoms with E-state index in [9.17, 15) is 14.7 Å². The SMILES string of the molecule is O=C(CCC1CCCO1)NC(CC1CCCc2ccccc21)C(=O)O. The number of hydrogen-bond acceptors (Lipinski definition) is 3. The lowest BCUT2D eigenvalue weighted by Crippen LogP contribution is -2.42. The summed E-state index contributed by atoms with van der Waals surface area (Å²) in [6, 6.07) is 7.43. The molecule has 3 rings (SSSR count). The van der Waals surface area contributed by atoms with Crippen LogP contribution in [0.2, 0.25) is 0 Å². The van der Waals surface area contributed by atoms with E-state index in [1.165, 1.54) is 11.1 Å². The summed E-state index contributed by atoms with van der Waals surface area (Å²) in [5, 5.41) is 12.3. The molecule has 0 radical (unpaired) electrons. The van der Waals surface area contributed by atoms with Gasteiger partial charge in [0.2, 0.25) is 5.91 Å². The van der Waals surface area contributed by atoms with Crippen molar-refractivity contribution in [2.75, 3.05) is 6.61 Å². The highest BCUT2D eigenvalue weighted by molar-refractivity contribution is 5.83. The minimum atomic E-state index is -0.950. The van der Waals surface area contributed by atoms with Crippen molar-refractivity contribution in [3.8, 4) is 0 Å². The van der Waals surface area contributed by atoms with Crippen LogP contribution >= 0.6 is 0 Å². The van der Waals surface area contributed by atoms with Crippen LogP contribution in [0.25, 0.3) is 0 Å². The molecule has 0 bridgehead atoms. The van der Waals surface area contributed by atoms with Crippen molar-refractivity contribution < 1.29 is 19.4 Å². The van der Waals surface area contributed by atoms with E-state index >= 15 is 0 Å². The third-order valence-electron chi connectivity index (χ3n) is 5.36. The number of carbonyl (C=O) groups excluding carboxylic acids is 1. The van der Waals surface area contributed by atoms with Gasteiger partial charge in [0.1, 0.15) is 6.04 Å². The fourth-order valence-corrected chi connectivity index (χ4v) is 4.04. The molecule has 0 saturated carbocycles. The van der Waals surface area contributed by atoms with E-state index in [1.807, 2.05) is 12.1 Å². The van der Waals surface area contributed by atoms with E-state index < -0.39 is 12.0 Å². The second-order valence-electron chi connectivity index (χ2n) is 7.16. The lowest BCUT2D eigenvalue weighted by Gasteiger charge is -2.28. The van der Waals surface area contributed by atoms with Gasteiger partial charge in [0, 0.05) is 13.0 Å². The molecule has 2 aliphatic rings. The minimum absolute atomic E-state index is 0.152. The second kappa shape index (κ2) is 8.48. The maximum atomic E-state index is 12.2. The van der Waals surface area contributed by atoms with Gasteiger partial charge >= 0.3 is 5.97 Å². The smallest absolute Gasteiger partial charge is 0.326 e. The third kappa shape index (κ3) is 4.82. The van der Waals surface area contributed by atoms with E-state index in [4.69, 9.17) is 4.74 Å². The van der Waals surface area contributed by atoms with E-state index in [1.54, 1.807) is 0 Å². The lowest BCUT2D eigenvalue weighted by molar-refractivity contribution is -0.142. The third-order valence-corrected chi connectivity index (χ3v) is 5.36. The standard InChI is InChI=1S/C20H27NO4/c22-19(11-10-16-8-4-12-25-16)21-18(20(23)24)13-15-7-3-6-14-5-1-2-9-17(14)15/h1-2,5,9,15-16,18H,3-4,6-8,10-13H2,(H,21,22)(H,23,24). The number of aryl methyl sites for hydroxylation is 1. The van der Waals surface area contributed by atoms with Crippen LogP contribution in [-0.4, -0.2) is 35.7 Å². The van der Waals surface area contributed by atoms with E-state index in [2.05, 4.69) is 17.4 Å². The predicted molar refractivity (Wildman–Crippen MR) is 94.5 cm³/mol. The van der Waals surface area contributed by atoms with Crippen molar-refractivity contribution in [1.29, 1.82) is 0 Å². The van der Waals surface area contributed by atoms with Crippen molar-refractivity contribution in [1.82, 2.24) is 5.32 Å². The molecule has 5 nitrogen and oxygen atoms in total. The molecule has 3 unspecified atom stereocenters. The lowest BCUT2D eigenvalue weighted by atomic mass is 9.79. The van der Waals surface area contributed by atoms with Gasteiger partial charge in [-0.2, -0.15) is 0 Å². The van der Waals surface area contributed by atoms with Crippen molar-refractivity contribution in [2.45, 2.75) is 69.4 Å². The summed E-state index contributed by atoms with van der Waals surface area (Å²) in [6.07, 6.45) is 6.75. The summed E-state index contributed by atoms with van der Waals surface area (Å²) in [5.41, 5.74) is 2.56. The number of rotatable bonds is 7. The molecule has 1 aromatic carbocycles. The number of carboxylic acids is 1. The first kappa shape index (κ1) is 17.9. The Balaban J connectivity index is 1.56. The van der Waals surface area contributed by atoms with Gasteiger partial charge in [-0.3, -0.25) is 4.79 Å². The number of carboxylic acid groups (broad SMARTS) is 1. The first-order chi connectivity index (χ1) is 12.1. The monoisotopic (exact) mass is 345 g/mol. The Labute approximate surface area is 148 Å². The summed E-state index contributed by atoms with van der Waals surface area (Å²) >= 11 is 0. The Morgan fingerprint density at radius 2 is 2.08 bits per heavy atom. The molecule has 3 atom stereocenters. The van der Waals surface area contributed by atoms with Crippen molar-refractivity contribution >= 4 is 11.9 Å². The highest BCUT2D eigenvalue weighted by Gasteiger charge is 2.28. The zero-order valence-corrected chi connectivity index (χ0v) is 14.6. The van der Waals surface area contributed by atoms with Crippen LogP contribution in [0.4, 0.5) is 0 Å². The van der Waals surface area contributed by atoms with Crippen LogP contribution in [0.15, 0.2) is 24.3 Å². The molecular formula is C20H27NO4. The van der Waals surface area contributed by atoms with Crippen molar-refractivity contribution in [2.24, 2.45) is 0 Å². The molecule has 1 aromatic rings. The van der Waals surface area contributed by atoms with Gasteiger partial charge in [0.15, 0.2) is 0 Å². The Morgan fingerprint density at radius 3 is 2.84 bits per heavy atom. The minimum Gasteiger partial charge on any atom is -0.480 e. The van der Waals surface area contributed by atoms with Gasteiger partial charge in [0.25, 0.3) is 0 Å². The van der Waals surface area contributed by atoms with Gasteiger partial charge < -0.3 is 15.2 Å². The number of fused-ring (bicyclic) bond motifs is 1. The molecule has 136 valence electrons. The maximum Gasteiger partial charge on any atom is 0.326 e. The van der Waals surface area contributed by atoms with Crippen molar-refractivity contribution in [3.05, 3.63) is 35.4 Å². The molecular weight excluding hydrogens is 318 g/mol. The van der Waals surface area contributed by atoms with Crippen LogP contribution in [0.5, 0.6) is 0 Å². The van der Waals surface area contributed by atoms with Crippen LogP contribution in [0.1, 0.15) is 62.0 Å². The Morgan fingerprint density at radius 1 is 1.24 bits per heavy atom. The van der Waals surface area contributed by atoms with E-state index in [-0.39, 0.29) is 17.9 Å². The highest BCUT2D eigenvalue weighted by atomic mass is 16.5. The fourth-order valence-electron chi connectivity index (χ4n) is 4.04. The molecule has 0 aromatic heterocycles. The average Bonchev–Trinajstić information content (AvgIpc) is 3.13. The number of carbonyl (C=O) groups is 2. The molecule has 1 saturated heterocycles. The molecule has 1 aliphatic carbocycles. The second-order valence-corrected chi connectivity index (χ2v) is 7.16. The zero-order valence-electron chi connectivity index (χ0n) is 14.6. The van der Waals surface area contributed by atoms with Crippen LogP contribution < -0.4 is 5.32 Å². The topological polar surface area (TPSA) is 75.6 Å². The number of aliphatic carboxylic acids is 1. The van der Waals surface area contributed by atoms with Crippen LogP contribution in [0.3, 0.4) is 0 Å². The average molecular weight is 345 g/mol. The van der Waals surface area contributed by atoms with Gasteiger partial charge in [0.05, 0.1) is 6.10 Å². The van der Waals surface area contributed by atoms with Gasteiger partial charge in [-0.1, -0.05) is 24.3 Å². The predicted octanol–water partition coefficient (Wildman–Crippen LogP) is 3.03. The molecule has 2 N–H and O–H groups in total. The first-order valence-electron chi connectivity index (χ1n) is 9.35. The molecule has 1 aliphatic heterocycles. The number of ether oxygens (including phenoxy) is 1. The molecule has 1 fully saturated rings. The maximum absolute atomic E-state index is 12.2. The summed E-state index contributed by atoms with van der Waals surface area (Å²) in [5.74, 6) is -0.940. The quantitative estimate of drug-likeness (QED) is 0.796. The molecule has 5 heteroatoms. The first-order valence-corrected chi connectivity index (χ1v) is 9.35. The number of hydrogen-bond donors (Lipinski definition) is 2. The normalized spacial score (nSPS) is 23.7. The fraction of sp³-hybridized carbons (Fsp3) is 0.600. The van der Waals surface area contributed by atoms with Crippen LogP contribution in [0, 0.1) is 0 Å². The zero-order chi connectivity index (χ0) is 17.6. The molecule has 25 heavy (non-hydrogen) atoms. The Hall–Kier alpha value is -1.88. The molecule has 1 amide bonds.